The number of rotatable bonds is 3. The number of nitrogens with zero attached hydrogens (tertiary/aromatic N) is 3. The van der Waals surface area contributed by atoms with Crippen LogP contribution < -0.4 is 0 Å². The molecule has 0 saturated heterocycles. The summed E-state index contributed by atoms with van der Waals surface area (Å²) in [5.74, 6) is -1.03. The van der Waals surface area contributed by atoms with E-state index in [0.717, 1.165) is 11.1 Å². The van der Waals surface area contributed by atoms with Gasteiger partial charge in [-0.15, -0.1) is 0 Å². The number of benzene rings is 1. The molecule has 1 N–H and O–H groups in total. The van der Waals surface area contributed by atoms with Crippen LogP contribution in [0.5, 0.6) is 0 Å². The Morgan fingerprint density at radius 2 is 2.14 bits per heavy atom. The summed E-state index contributed by atoms with van der Waals surface area (Å²) in [6.45, 7) is 2.40. The molecule has 0 bridgehead atoms. The Morgan fingerprint density at radius 1 is 1.41 bits per heavy atom. The maximum atomic E-state index is 12.6. The number of hydrogen-bond donors (Lipinski definition) is 1. The Morgan fingerprint density at radius 3 is 2.82 bits per heavy atom. The Balaban J connectivity index is 2.11. The Hall–Kier alpha value is -1.64. The van der Waals surface area contributed by atoms with E-state index < -0.39 is 16.0 Å². The number of carboxylic acid groups (broad SMARTS) is 1. The van der Waals surface area contributed by atoms with Gasteiger partial charge in [-0.2, -0.15) is 4.31 Å². The van der Waals surface area contributed by atoms with Crippen molar-refractivity contribution in [3.05, 3.63) is 22.7 Å². The van der Waals surface area contributed by atoms with Crippen molar-refractivity contribution in [2.45, 2.75) is 25.0 Å². The summed E-state index contributed by atoms with van der Waals surface area (Å²) in [4.78, 5) is 14.9. The fourth-order valence-electron chi connectivity index (χ4n) is 2.59. The van der Waals surface area contributed by atoms with Gasteiger partial charge < -0.3 is 9.67 Å². The average Bonchev–Trinajstić information content (AvgIpc) is 2.82. The number of aliphatic carboxylic acids is 1. The minimum absolute atomic E-state index is 0.0514. The molecular weight excluding hydrogens is 330 g/mol. The minimum Gasteiger partial charge on any atom is -0.481 e. The fraction of sp³-hybridized carbons (Fsp3) is 0.385. The molecule has 1 aliphatic rings. The molecule has 0 unspecified atom stereocenters. The zero-order valence-corrected chi connectivity index (χ0v) is 13.4. The van der Waals surface area contributed by atoms with Crippen molar-refractivity contribution in [1.82, 2.24) is 13.9 Å². The largest absolute Gasteiger partial charge is 0.481 e. The zero-order valence-electron chi connectivity index (χ0n) is 11.8. The van der Waals surface area contributed by atoms with Gasteiger partial charge in [-0.1, -0.05) is 11.6 Å². The van der Waals surface area contributed by atoms with Gasteiger partial charge in [-0.25, -0.2) is 13.4 Å². The van der Waals surface area contributed by atoms with E-state index in [1.807, 2.05) is 0 Å². The zero-order chi connectivity index (χ0) is 16.1. The molecule has 2 aromatic rings. The maximum absolute atomic E-state index is 12.6. The lowest BCUT2D eigenvalue weighted by Crippen LogP contribution is -2.41. The number of imidazole rings is 1. The third kappa shape index (κ3) is 2.27. The van der Waals surface area contributed by atoms with Crippen molar-refractivity contribution < 1.29 is 18.3 Å². The molecule has 0 radical (unpaired) electrons. The molecule has 0 amide bonds. The lowest BCUT2D eigenvalue weighted by atomic mass is 10.2. The summed E-state index contributed by atoms with van der Waals surface area (Å²) in [6, 6.07) is 3.47. The van der Waals surface area contributed by atoms with Gasteiger partial charge in [0.2, 0.25) is 5.16 Å². The lowest BCUT2D eigenvalue weighted by molar-refractivity contribution is -0.137. The molecule has 7 nitrogen and oxygen atoms in total. The standard InChI is InChI=1S/C13H14ClN3O4S/c1-8-9(14)2-3-10-12(8)15-13-17(10)7-6-16(22(13,20)21)5-4-11(18)19/h2-3H,4-7H2,1H3,(H,18,19). The van der Waals surface area contributed by atoms with Crippen LogP contribution in [-0.4, -0.2) is 46.4 Å². The molecule has 1 aromatic heterocycles. The number of fused-ring (bicyclic) bond motifs is 3. The number of aryl methyl sites for hydroxylation is 1. The van der Waals surface area contributed by atoms with Gasteiger partial charge in [0.05, 0.1) is 17.5 Å². The first-order chi connectivity index (χ1) is 10.3. The van der Waals surface area contributed by atoms with Crippen LogP contribution in [0.4, 0.5) is 0 Å². The van der Waals surface area contributed by atoms with Crippen LogP contribution in [0.15, 0.2) is 17.3 Å². The van der Waals surface area contributed by atoms with Gasteiger partial charge in [0.1, 0.15) is 0 Å². The highest BCUT2D eigenvalue weighted by Crippen LogP contribution is 2.30. The van der Waals surface area contributed by atoms with Gasteiger partial charge in [0.25, 0.3) is 10.0 Å². The lowest BCUT2D eigenvalue weighted by Gasteiger charge is -2.26. The SMILES string of the molecule is Cc1c(Cl)ccc2c1nc1n2CCN(CCC(=O)O)S1(=O)=O. The summed E-state index contributed by atoms with van der Waals surface area (Å²) in [7, 11) is -3.79. The molecule has 0 spiro atoms. The van der Waals surface area contributed by atoms with Crippen LogP contribution in [0.1, 0.15) is 12.0 Å². The van der Waals surface area contributed by atoms with Crippen molar-refractivity contribution >= 4 is 38.6 Å². The summed E-state index contributed by atoms with van der Waals surface area (Å²) in [5, 5.41) is 9.21. The quantitative estimate of drug-likeness (QED) is 0.911. The van der Waals surface area contributed by atoms with E-state index in [-0.39, 0.29) is 24.7 Å². The van der Waals surface area contributed by atoms with Gasteiger partial charge in [-0.3, -0.25) is 4.79 Å². The third-order valence-corrected chi connectivity index (χ3v) is 6.02. The van der Waals surface area contributed by atoms with Gasteiger partial charge >= 0.3 is 5.97 Å². The molecule has 0 atom stereocenters. The summed E-state index contributed by atoms with van der Waals surface area (Å²) >= 11 is 6.06. The summed E-state index contributed by atoms with van der Waals surface area (Å²) in [6.07, 6.45) is -0.232. The Bertz CT molecular complexity index is 875. The smallest absolute Gasteiger partial charge is 0.304 e. The normalized spacial score (nSPS) is 17.5. The van der Waals surface area contributed by atoms with Gasteiger partial charge in [-0.05, 0) is 24.6 Å². The Kier molecular flexibility index (Phi) is 3.62. The van der Waals surface area contributed by atoms with Crippen LogP contribution in [0.25, 0.3) is 11.0 Å². The molecule has 0 aliphatic carbocycles. The molecular formula is C13H14ClN3O4S. The van der Waals surface area contributed by atoms with Crippen molar-refractivity contribution in [3.8, 4) is 0 Å². The van der Waals surface area contributed by atoms with Gasteiger partial charge in [0, 0.05) is 24.7 Å². The highest BCUT2D eigenvalue weighted by Gasteiger charge is 2.35. The highest BCUT2D eigenvalue weighted by atomic mass is 35.5. The van der Waals surface area contributed by atoms with Crippen LogP contribution in [-0.2, 0) is 21.4 Å². The molecule has 0 saturated carbocycles. The monoisotopic (exact) mass is 343 g/mol. The first kappa shape index (κ1) is 15.3. The number of sulfonamides is 1. The number of aromatic nitrogens is 2. The summed E-state index contributed by atoms with van der Waals surface area (Å²) < 4.78 is 28.0. The Labute approximate surface area is 132 Å². The van der Waals surface area contributed by atoms with Crippen molar-refractivity contribution in [3.63, 3.8) is 0 Å². The first-order valence-corrected chi connectivity index (χ1v) is 8.51. The van der Waals surface area contributed by atoms with Gasteiger partial charge in [0.15, 0.2) is 0 Å². The molecule has 0 fully saturated rings. The van der Waals surface area contributed by atoms with Crippen LogP contribution in [0.2, 0.25) is 5.02 Å². The van der Waals surface area contributed by atoms with Crippen molar-refractivity contribution in [1.29, 1.82) is 0 Å². The number of halogens is 1. The number of carbonyl (C=O) groups is 1. The molecule has 2 heterocycles. The molecule has 3 rings (SSSR count). The molecule has 1 aliphatic heterocycles. The van der Waals surface area contributed by atoms with Crippen molar-refractivity contribution in [2.24, 2.45) is 0 Å². The van der Waals surface area contributed by atoms with Crippen LogP contribution >= 0.6 is 11.6 Å². The third-order valence-electron chi connectivity index (χ3n) is 3.79. The first-order valence-electron chi connectivity index (χ1n) is 6.69. The van der Waals surface area contributed by atoms with E-state index in [9.17, 15) is 13.2 Å². The second-order valence-electron chi connectivity index (χ2n) is 5.13. The number of hydrogen-bond acceptors (Lipinski definition) is 4. The van der Waals surface area contributed by atoms with E-state index in [0.29, 0.717) is 17.1 Å². The minimum atomic E-state index is -3.79. The molecule has 9 heteroatoms. The molecule has 118 valence electrons. The van der Waals surface area contributed by atoms with E-state index in [1.165, 1.54) is 4.31 Å². The van der Waals surface area contributed by atoms with E-state index >= 15 is 0 Å². The summed E-state index contributed by atoms with van der Waals surface area (Å²) in [5.41, 5.74) is 2.01. The molecule has 1 aromatic carbocycles. The predicted octanol–water partition coefficient (Wildman–Crippen LogP) is 1.48. The topological polar surface area (TPSA) is 92.5 Å². The second-order valence-corrected chi connectivity index (χ2v) is 7.37. The molecule has 22 heavy (non-hydrogen) atoms. The van der Waals surface area contributed by atoms with E-state index in [4.69, 9.17) is 16.7 Å². The van der Waals surface area contributed by atoms with Crippen LogP contribution in [0, 0.1) is 6.92 Å². The maximum Gasteiger partial charge on any atom is 0.304 e. The average molecular weight is 344 g/mol. The van der Waals surface area contributed by atoms with Crippen LogP contribution in [0.3, 0.4) is 0 Å². The number of carboxylic acids is 1. The van der Waals surface area contributed by atoms with E-state index in [2.05, 4.69) is 4.98 Å². The predicted molar refractivity (Wildman–Crippen MR) is 80.5 cm³/mol. The second kappa shape index (κ2) is 5.22. The van der Waals surface area contributed by atoms with Crippen molar-refractivity contribution in [2.75, 3.05) is 13.1 Å². The van der Waals surface area contributed by atoms with E-state index in [1.54, 1.807) is 23.6 Å². The fourth-order valence-corrected chi connectivity index (χ4v) is 4.30. The highest BCUT2D eigenvalue weighted by molar-refractivity contribution is 7.89.